The average molecular weight is 441 g/mol. The smallest absolute Gasteiger partial charge is 0.344 e. The maximum atomic E-state index is 11.2. The highest BCUT2D eigenvalue weighted by Gasteiger charge is 2.20. The van der Waals surface area contributed by atoms with E-state index in [2.05, 4.69) is 25.5 Å². The molecule has 6 nitrogen and oxygen atoms in total. The molecule has 0 atom stereocenters. The van der Waals surface area contributed by atoms with Gasteiger partial charge in [-0.05, 0) is 36.4 Å². The zero-order valence-electron chi connectivity index (χ0n) is 15.9. The second kappa shape index (κ2) is 7.80. The van der Waals surface area contributed by atoms with Crippen LogP contribution in [0.25, 0.3) is 16.6 Å². The van der Waals surface area contributed by atoms with Gasteiger partial charge in [0.2, 0.25) is 0 Å². The van der Waals surface area contributed by atoms with E-state index in [9.17, 15) is 4.79 Å². The van der Waals surface area contributed by atoms with Gasteiger partial charge in [0.05, 0.1) is 10.5 Å². The molecule has 0 aliphatic carbocycles. The van der Waals surface area contributed by atoms with E-state index in [1.165, 1.54) is 0 Å². The summed E-state index contributed by atoms with van der Waals surface area (Å²) in [5.41, 5.74) is 3.63. The third kappa shape index (κ3) is 3.69. The molecule has 3 heterocycles. The van der Waals surface area contributed by atoms with Crippen LogP contribution in [0.15, 0.2) is 59.8 Å². The number of H-pyrrole nitrogens is 1. The van der Waals surface area contributed by atoms with Crippen LogP contribution in [0.1, 0.15) is 11.1 Å². The van der Waals surface area contributed by atoms with Crippen LogP contribution < -0.4 is 10.4 Å². The number of ether oxygens (including phenoxy) is 1. The van der Waals surface area contributed by atoms with Gasteiger partial charge >= 0.3 is 5.69 Å². The maximum Gasteiger partial charge on any atom is 0.344 e. The van der Waals surface area contributed by atoms with Crippen molar-refractivity contribution in [3.8, 4) is 11.4 Å². The Hall–Kier alpha value is -2.80. The van der Waals surface area contributed by atoms with Crippen LogP contribution in [0.3, 0.4) is 0 Å². The van der Waals surface area contributed by atoms with Gasteiger partial charge in [-0.15, -0.1) is 0 Å². The van der Waals surface area contributed by atoms with E-state index < -0.39 is 0 Å². The quantitative estimate of drug-likeness (QED) is 0.512. The van der Waals surface area contributed by atoms with Crippen molar-refractivity contribution in [3.05, 3.63) is 86.6 Å². The molecule has 1 aliphatic heterocycles. The van der Waals surface area contributed by atoms with E-state index in [0.717, 1.165) is 40.0 Å². The molecule has 0 bridgehead atoms. The average Bonchev–Trinajstić information content (AvgIpc) is 3.02. The number of aromatic nitrogens is 3. The number of hydrogen-bond acceptors (Lipinski definition) is 4. The fourth-order valence-electron chi connectivity index (χ4n) is 3.84. The minimum atomic E-state index is -0.347. The highest BCUT2D eigenvalue weighted by molar-refractivity contribution is 6.32. The molecule has 30 heavy (non-hydrogen) atoms. The molecule has 1 N–H and O–H groups in total. The Morgan fingerprint density at radius 1 is 1.17 bits per heavy atom. The second-order valence-electron chi connectivity index (χ2n) is 7.29. The van der Waals surface area contributed by atoms with Crippen molar-refractivity contribution in [1.29, 1.82) is 0 Å². The van der Waals surface area contributed by atoms with Crippen molar-refractivity contribution >= 4 is 34.1 Å². The molecule has 0 saturated carbocycles. The largest absolute Gasteiger partial charge is 0.490 e. The van der Waals surface area contributed by atoms with Crippen molar-refractivity contribution in [2.24, 2.45) is 0 Å². The van der Waals surface area contributed by atoms with Gasteiger partial charge in [0, 0.05) is 65.4 Å². The third-order valence-corrected chi connectivity index (χ3v) is 5.73. The predicted octanol–water partition coefficient (Wildman–Crippen LogP) is 4.42. The van der Waals surface area contributed by atoms with Gasteiger partial charge in [-0.25, -0.2) is 9.78 Å². The van der Waals surface area contributed by atoms with Crippen LogP contribution in [0.5, 0.6) is 5.75 Å². The molecular formula is C22H18Cl2N4O2. The van der Waals surface area contributed by atoms with E-state index in [1.54, 1.807) is 12.4 Å². The van der Waals surface area contributed by atoms with Crippen molar-refractivity contribution in [2.75, 3.05) is 13.2 Å². The Bertz CT molecular complexity index is 1280. The number of benzene rings is 2. The molecule has 2 aromatic carbocycles. The molecule has 152 valence electrons. The fourth-order valence-corrected chi connectivity index (χ4v) is 4.31. The molecule has 1 aliphatic rings. The van der Waals surface area contributed by atoms with Gasteiger partial charge in [0.15, 0.2) is 0 Å². The standard InChI is InChI=1S/C22H18Cl2N4O2/c23-17-1-2-20-15(7-17)3-4-28(20)18-8-16-13-27(5-6-30-21(16)19(24)9-18)12-14-10-25-22(29)26-11-14/h1-4,7-11H,5-6,12-13H2,(H,25,26,29). The zero-order valence-corrected chi connectivity index (χ0v) is 17.5. The Morgan fingerprint density at radius 2 is 2.07 bits per heavy atom. The van der Waals surface area contributed by atoms with Gasteiger partial charge in [-0.2, -0.15) is 0 Å². The molecule has 0 spiro atoms. The minimum absolute atomic E-state index is 0.347. The summed E-state index contributed by atoms with van der Waals surface area (Å²) in [6.45, 7) is 2.60. The summed E-state index contributed by atoms with van der Waals surface area (Å²) >= 11 is 12.7. The van der Waals surface area contributed by atoms with Crippen LogP contribution in [0, 0.1) is 0 Å². The van der Waals surface area contributed by atoms with Gasteiger partial charge in [-0.1, -0.05) is 23.2 Å². The molecule has 0 amide bonds. The number of fused-ring (bicyclic) bond motifs is 2. The van der Waals surface area contributed by atoms with Crippen LogP contribution in [0.4, 0.5) is 0 Å². The van der Waals surface area contributed by atoms with Crippen LogP contribution in [0.2, 0.25) is 10.0 Å². The molecule has 8 heteroatoms. The summed E-state index contributed by atoms with van der Waals surface area (Å²) in [6.07, 6.45) is 5.31. The Morgan fingerprint density at radius 3 is 2.90 bits per heavy atom. The molecule has 4 aromatic rings. The molecule has 0 radical (unpaired) electrons. The number of hydrogen-bond donors (Lipinski definition) is 1. The minimum Gasteiger partial charge on any atom is -0.490 e. The highest BCUT2D eigenvalue weighted by Crippen LogP contribution is 2.35. The first-order chi connectivity index (χ1) is 14.6. The van der Waals surface area contributed by atoms with Crippen molar-refractivity contribution in [1.82, 2.24) is 19.4 Å². The Balaban J connectivity index is 1.50. The van der Waals surface area contributed by atoms with E-state index in [4.69, 9.17) is 27.9 Å². The first-order valence-electron chi connectivity index (χ1n) is 9.55. The van der Waals surface area contributed by atoms with Crippen LogP contribution in [-0.2, 0) is 13.1 Å². The summed E-state index contributed by atoms with van der Waals surface area (Å²) in [6, 6.07) is 11.9. The fraction of sp³-hybridized carbons (Fsp3) is 0.182. The molecular weight excluding hydrogens is 423 g/mol. The Kier molecular flexibility index (Phi) is 4.98. The van der Waals surface area contributed by atoms with Crippen molar-refractivity contribution in [3.63, 3.8) is 0 Å². The first kappa shape index (κ1) is 19.2. The lowest BCUT2D eigenvalue weighted by Crippen LogP contribution is -2.26. The monoisotopic (exact) mass is 440 g/mol. The van der Waals surface area contributed by atoms with Crippen LogP contribution >= 0.6 is 23.2 Å². The molecule has 2 aromatic heterocycles. The van der Waals surface area contributed by atoms with Crippen molar-refractivity contribution < 1.29 is 4.74 Å². The number of aromatic amines is 1. The number of nitrogens with zero attached hydrogens (tertiary/aromatic N) is 3. The lowest BCUT2D eigenvalue weighted by molar-refractivity contribution is 0.219. The van der Waals surface area contributed by atoms with Crippen LogP contribution in [-0.4, -0.2) is 32.6 Å². The maximum absolute atomic E-state index is 11.2. The van der Waals surface area contributed by atoms with Gasteiger partial charge in [0.25, 0.3) is 0 Å². The summed E-state index contributed by atoms with van der Waals surface area (Å²) < 4.78 is 8.06. The normalized spacial score (nSPS) is 14.3. The number of nitrogens with one attached hydrogen (secondary N) is 1. The molecule has 0 saturated heterocycles. The predicted molar refractivity (Wildman–Crippen MR) is 118 cm³/mol. The van der Waals surface area contributed by atoms with E-state index in [-0.39, 0.29) is 5.69 Å². The second-order valence-corrected chi connectivity index (χ2v) is 8.13. The summed E-state index contributed by atoms with van der Waals surface area (Å²) in [5.74, 6) is 0.724. The first-order valence-corrected chi connectivity index (χ1v) is 10.3. The SMILES string of the molecule is O=c1ncc(CN2CCOc3c(Cl)cc(-n4ccc5cc(Cl)ccc54)cc3C2)c[nH]1. The highest BCUT2D eigenvalue weighted by atomic mass is 35.5. The lowest BCUT2D eigenvalue weighted by Gasteiger charge is -2.19. The van der Waals surface area contributed by atoms with E-state index in [1.807, 2.05) is 36.5 Å². The van der Waals surface area contributed by atoms with E-state index in [0.29, 0.717) is 29.7 Å². The lowest BCUT2D eigenvalue weighted by atomic mass is 10.1. The van der Waals surface area contributed by atoms with Gasteiger partial charge in [0.1, 0.15) is 12.4 Å². The third-order valence-electron chi connectivity index (χ3n) is 5.22. The molecule has 0 unspecified atom stereocenters. The van der Waals surface area contributed by atoms with E-state index >= 15 is 0 Å². The molecule has 5 rings (SSSR count). The topological polar surface area (TPSA) is 63.2 Å². The summed E-state index contributed by atoms with van der Waals surface area (Å²) in [7, 11) is 0. The molecule has 0 fully saturated rings. The van der Waals surface area contributed by atoms with Crippen molar-refractivity contribution in [2.45, 2.75) is 13.1 Å². The summed E-state index contributed by atoms with van der Waals surface area (Å²) in [4.78, 5) is 19.9. The number of halogens is 2. The summed E-state index contributed by atoms with van der Waals surface area (Å²) in [5, 5.41) is 2.36. The number of rotatable bonds is 3. The zero-order chi connectivity index (χ0) is 20.7. The Labute approximate surface area is 182 Å². The van der Waals surface area contributed by atoms with Gasteiger partial charge in [-0.3, -0.25) is 4.90 Å². The van der Waals surface area contributed by atoms with Gasteiger partial charge < -0.3 is 14.3 Å².